The van der Waals surface area contributed by atoms with Crippen LogP contribution in [0.4, 0.5) is 11.4 Å². The molecule has 2 nitrogen and oxygen atoms in total. The summed E-state index contributed by atoms with van der Waals surface area (Å²) in [6, 6.07) is 5.88. The molecule has 13 heavy (non-hydrogen) atoms. The topological polar surface area (TPSA) is 15.3 Å². The first-order chi connectivity index (χ1) is 6.31. The molecule has 0 bridgehead atoms. The van der Waals surface area contributed by atoms with Crippen LogP contribution in [-0.4, -0.2) is 13.2 Å². The molecule has 1 aromatic carbocycles. The Labute approximate surface area is 82.8 Å². The summed E-state index contributed by atoms with van der Waals surface area (Å²) in [7, 11) is 0. The van der Waals surface area contributed by atoms with Gasteiger partial charge in [-0.2, -0.15) is 0 Å². The molecule has 68 valence electrons. The maximum atomic E-state index is 5.87. The molecule has 0 atom stereocenters. The lowest BCUT2D eigenvalue weighted by molar-refractivity contribution is 0.960. The first kappa shape index (κ1) is 8.45. The molecule has 0 spiro atoms. The minimum Gasteiger partial charge on any atom is -0.366 e. The molecule has 1 heterocycles. The number of fused-ring (bicyclic) bond motifs is 1. The molecule has 0 fully saturated rings. The van der Waals surface area contributed by atoms with Crippen molar-refractivity contribution < 1.29 is 0 Å². The van der Waals surface area contributed by atoms with E-state index in [1.807, 2.05) is 24.3 Å². The van der Waals surface area contributed by atoms with Crippen LogP contribution in [0.15, 0.2) is 30.9 Å². The van der Waals surface area contributed by atoms with Crippen LogP contribution in [0.2, 0.25) is 5.02 Å². The van der Waals surface area contributed by atoms with Gasteiger partial charge in [-0.25, -0.2) is 0 Å². The van der Waals surface area contributed by atoms with E-state index in [9.17, 15) is 0 Å². The second kappa shape index (κ2) is 3.30. The average Bonchev–Trinajstić information content (AvgIpc) is 2.49. The molecule has 0 saturated heterocycles. The van der Waals surface area contributed by atoms with Crippen molar-refractivity contribution in [3.63, 3.8) is 0 Å². The van der Waals surface area contributed by atoms with Crippen molar-refractivity contribution in [3.8, 4) is 0 Å². The van der Waals surface area contributed by atoms with Gasteiger partial charge in [-0.15, -0.1) is 6.58 Å². The van der Waals surface area contributed by atoms with Crippen molar-refractivity contribution in [1.82, 2.24) is 0 Å². The standard InChI is InChI=1S/C10H11ClN2/c1-2-5-13-7-12-9-6-8(11)3-4-10(9)13/h2-4,6,12H,1,5,7H2. The number of rotatable bonds is 2. The number of anilines is 2. The Morgan fingerprint density at radius 1 is 1.62 bits per heavy atom. The lowest BCUT2D eigenvalue weighted by Gasteiger charge is -2.14. The average molecular weight is 195 g/mol. The highest BCUT2D eigenvalue weighted by Crippen LogP contribution is 2.33. The molecular formula is C10H11ClN2. The number of benzene rings is 1. The van der Waals surface area contributed by atoms with Gasteiger partial charge < -0.3 is 10.2 Å². The molecule has 0 radical (unpaired) electrons. The summed E-state index contributed by atoms with van der Waals surface area (Å²) in [5.41, 5.74) is 2.30. The van der Waals surface area contributed by atoms with Gasteiger partial charge in [0.05, 0.1) is 18.0 Å². The Bertz CT molecular complexity index is 336. The molecule has 3 heteroatoms. The van der Waals surface area contributed by atoms with Gasteiger partial charge >= 0.3 is 0 Å². The summed E-state index contributed by atoms with van der Waals surface area (Å²) in [5, 5.41) is 4.04. The SMILES string of the molecule is C=CCN1CNc2cc(Cl)ccc21. The third-order valence-electron chi connectivity index (χ3n) is 2.11. The van der Waals surface area contributed by atoms with Crippen molar-refractivity contribution in [2.75, 3.05) is 23.4 Å². The highest BCUT2D eigenvalue weighted by Gasteiger charge is 2.16. The highest BCUT2D eigenvalue weighted by atomic mass is 35.5. The Balaban J connectivity index is 2.32. The Hall–Kier alpha value is -1.15. The van der Waals surface area contributed by atoms with Gasteiger partial charge in [0.25, 0.3) is 0 Å². The molecule has 0 saturated carbocycles. The van der Waals surface area contributed by atoms with Gasteiger partial charge in [0.2, 0.25) is 0 Å². The van der Waals surface area contributed by atoms with Crippen LogP contribution < -0.4 is 10.2 Å². The predicted molar refractivity (Wildman–Crippen MR) is 57.5 cm³/mol. The molecule has 0 amide bonds. The monoisotopic (exact) mass is 194 g/mol. The first-order valence-electron chi connectivity index (χ1n) is 4.20. The summed E-state index contributed by atoms with van der Waals surface area (Å²) >= 11 is 5.87. The number of hydrogen-bond acceptors (Lipinski definition) is 2. The van der Waals surface area contributed by atoms with Gasteiger partial charge in [0, 0.05) is 11.6 Å². The van der Waals surface area contributed by atoms with E-state index < -0.39 is 0 Å². The van der Waals surface area contributed by atoms with Crippen LogP contribution in [0.5, 0.6) is 0 Å². The molecule has 0 aromatic heterocycles. The molecule has 0 aliphatic carbocycles. The van der Waals surface area contributed by atoms with Crippen molar-refractivity contribution in [1.29, 1.82) is 0 Å². The summed E-state index contributed by atoms with van der Waals surface area (Å²) < 4.78 is 0. The van der Waals surface area contributed by atoms with Crippen LogP contribution in [0, 0.1) is 0 Å². The summed E-state index contributed by atoms with van der Waals surface area (Å²) in [6.45, 7) is 5.42. The van der Waals surface area contributed by atoms with E-state index in [-0.39, 0.29) is 0 Å². The second-order valence-corrected chi connectivity index (χ2v) is 3.44. The number of nitrogens with one attached hydrogen (secondary N) is 1. The summed E-state index contributed by atoms with van der Waals surface area (Å²) in [6.07, 6.45) is 1.89. The summed E-state index contributed by atoms with van der Waals surface area (Å²) in [5.74, 6) is 0. The van der Waals surface area contributed by atoms with E-state index in [0.29, 0.717) is 0 Å². The van der Waals surface area contributed by atoms with Crippen LogP contribution in [-0.2, 0) is 0 Å². The van der Waals surface area contributed by atoms with Crippen LogP contribution in [0.3, 0.4) is 0 Å². The van der Waals surface area contributed by atoms with E-state index >= 15 is 0 Å². The van der Waals surface area contributed by atoms with E-state index in [1.54, 1.807) is 0 Å². The van der Waals surface area contributed by atoms with Crippen LogP contribution in [0.25, 0.3) is 0 Å². The van der Waals surface area contributed by atoms with E-state index in [0.717, 1.165) is 23.9 Å². The fourth-order valence-electron chi connectivity index (χ4n) is 1.51. The molecular weight excluding hydrogens is 184 g/mol. The predicted octanol–water partition coefficient (Wildman–Crippen LogP) is 2.72. The van der Waals surface area contributed by atoms with Crippen molar-refractivity contribution in [2.45, 2.75) is 0 Å². The fourth-order valence-corrected chi connectivity index (χ4v) is 1.68. The third kappa shape index (κ3) is 1.49. The minimum absolute atomic E-state index is 0.770. The van der Waals surface area contributed by atoms with Crippen molar-refractivity contribution >= 4 is 23.0 Å². The molecule has 2 rings (SSSR count). The van der Waals surface area contributed by atoms with Crippen LogP contribution in [0.1, 0.15) is 0 Å². The van der Waals surface area contributed by atoms with Gasteiger partial charge in [0.1, 0.15) is 0 Å². The first-order valence-corrected chi connectivity index (χ1v) is 4.58. The van der Waals surface area contributed by atoms with E-state index in [4.69, 9.17) is 11.6 Å². The van der Waals surface area contributed by atoms with Gasteiger partial charge in [0.15, 0.2) is 0 Å². The zero-order valence-electron chi connectivity index (χ0n) is 7.26. The quantitative estimate of drug-likeness (QED) is 0.729. The normalized spacial score (nSPS) is 13.8. The molecule has 1 aliphatic rings. The highest BCUT2D eigenvalue weighted by molar-refractivity contribution is 6.31. The number of hydrogen-bond donors (Lipinski definition) is 1. The fraction of sp³-hybridized carbons (Fsp3) is 0.200. The molecule has 1 aliphatic heterocycles. The lowest BCUT2D eigenvalue weighted by Crippen LogP contribution is -2.22. The van der Waals surface area contributed by atoms with E-state index in [2.05, 4.69) is 16.8 Å². The molecule has 1 N–H and O–H groups in total. The zero-order chi connectivity index (χ0) is 9.26. The van der Waals surface area contributed by atoms with E-state index in [1.165, 1.54) is 5.69 Å². The molecule has 0 unspecified atom stereocenters. The Morgan fingerprint density at radius 3 is 3.23 bits per heavy atom. The van der Waals surface area contributed by atoms with Crippen LogP contribution >= 0.6 is 11.6 Å². The second-order valence-electron chi connectivity index (χ2n) is 3.01. The van der Waals surface area contributed by atoms with Gasteiger partial charge in [-0.1, -0.05) is 17.7 Å². The maximum absolute atomic E-state index is 5.87. The van der Waals surface area contributed by atoms with Crippen molar-refractivity contribution in [3.05, 3.63) is 35.9 Å². The Kier molecular flexibility index (Phi) is 2.15. The van der Waals surface area contributed by atoms with Gasteiger partial charge in [-0.05, 0) is 18.2 Å². The van der Waals surface area contributed by atoms with Gasteiger partial charge in [-0.3, -0.25) is 0 Å². The smallest absolute Gasteiger partial charge is 0.0881 e. The van der Waals surface area contributed by atoms with Crippen molar-refractivity contribution in [2.24, 2.45) is 0 Å². The molecule has 1 aromatic rings. The Morgan fingerprint density at radius 2 is 2.46 bits per heavy atom. The largest absolute Gasteiger partial charge is 0.366 e. The number of halogens is 1. The summed E-state index contributed by atoms with van der Waals surface area (Å²) in [4.78, 5) is 2.21. The third-order valence-corrected chi connectivity index (χ3v) is 2.34. The number of nitrogens with zero attached hydrogens (tertiary/aromatic N) is 1. The lowest BCUT2D eigenvalue weighted by atomic mass is 10.2. The zero-order valence-corrected chi connectivity index (χ0v) is 8.01. The minimum atomic E-state index is 0.770. The maximum Gasteiger partial charge on any atom is 0.0881 e.